The summed E-state index contributed by atoms with van der Waals surface area (Å²) in [6.07, 6.45) is 5.06. The Morgan fingerprint density at radius 3 is 2.83 bits per heavy atom. The lowest BCUT2D eigenvalue weighted by Gasteiger charge is -2.22. The van der Waals surface area contributed by atoms with Gasteiger partial charge in [0.2, 0.25) is 0 Å². The van der Waals surface area contributed by atoms with Crippen LogP contribution in [0.15, 0.2) is 0 Å². The van der Waals surface area contributed by atoms with Crippen LogP contribution in [0.3, 0.4) is 0 Å². The molecule has 2 fully saturated rings. The maximum Gasteiger partial charge on any atom is 0.157 e. The highest BCUT2D eigenvalue weighted by molar-refractivity contribution is 4.68. The summed E-state index contributed by atoms with van der Waals surface area (Å²) in [6, 6.07) is 0. The number of epoxide rings is 1. The fourth-order valence-corrected chi connectivity index (χ4v) is 1.41. The molecule has 70 valence electrons. The van der Waals surface area contributed by atoms with E-state index in [2.05, 4.69) is 0 Å². The van der Waals surface area contributed by atoms with Crippen molar-refractivity contribution < 1.29 is 14.2 Å². The first-order chi connectivity index (χ1) is 5.95. The number of ether oxygens (including phenoxy) is 3. The Kier molecular flexibility index (Phi) is 2.98. The molecule has 0 bridgehead atoms. The Bertz CT molecular complexity index is 128. The van der Waals surface area contributed by atoms with Crippen molar-refractivity contribution in [1.82, 2.24) is 0 Å². The largest absolute Gasteiger partial charge is 0.373 e. The highest BCUT2D eigenvalue weighted by Crippen LogP contribution is 2.17. The van der Waals surface area contributed by atoms with Crippen molar-refractivity contribution in [1.29, 1.82) is 0 Å². The summed E-state index contributed by atoms with van der Waals surface area (Å²) in [7, 11) is 0. The number of hydrogen-bond acceptors (Lipinski definition) is 3. The molecule has 0 aromatic heterocycles. The van der Waals surface area contributed by atoms with E-state index in [4.69, 9.17) is 14.2 Å². The fraction of sp³-hybridized carbons (Fsp3) is 1.00. The van der Waals surface area contributed by atoms with E-state index in [1.54, 1.807) is 0 Å². The molecule has 2 aliphatic heterocycles. The van der Waals surface area contributed by atoms with Crippen LogP contribution < -0.4 is 0 Å². The maximum atomic E-state index is 5.53. The third-order valence-electron chi connectivity index (χ3n) is 2.28. The maximum absolute atomic E-state index is 5.53. The van der Waals surface area contributed by atoms with Crippen molar-refractivity contribution in [3.8, 4) is 0 Å². The summed E-state index contributed by atoms with van der Waals surface area (Å²) >= 11 is 0. The van der Waals surface area contributed by atoms with Crippen LogP contribution in [0, 0.1) is 0 Å². The number of hydrogen-bond donors (Lipinski definition) is 0. The van der Waals surface area contributed by atoms with E-state index >= 15 is 0 Å². The molecule has 0 aromatic carbocycles. The average molecular weight is 172 g/mol. The van der Waals surface area contributed by atoms with E-state index in [0.29, 0.717) is 6.10 Å². The van der Waals surface area contributed by atoms with Crippen LogP contribution in [0.4, 0.5) is 0 Å². The standard InChI is InChI=1S/C9H16O3/c1-2-5-10-9(3-1)11-6-4-8-7-12-8/h8-9H,1-7H2/t8?,9-/m0/s1. The van der Waals surface area contributed by atoms with Crippen molar-refractivity contribution in [3.63, 3.8) is 0 Å². The first-order valence-corrected chi connectivity index (χ1v) is 4.80. The third-order valence-corrected chi connectivity index (χ3v) is 2.28. The molecule has 2 aliphatic rings. The van der Waals surface area contributed by atoms with Gasteiger partial charge in [-0.1, -0.05) is 0 Å². The monoisotopic (exact) mass is 172 g/mol. The lowest BCUT2D eigenvalue weighted by Crippen LogP contribution is -2.23. The van der Waals surface area contributed by atoms with Gasteiger partial charge in [-0.15, -0.1) is 0 Å². The van der Waals surface area contributed by atoms with Gasteiger partial charge < -0.3 is 14.2 Å². The molecule has 3 nitrogen and oxygen atoms in total. The summed E-state index contributed by atoms with van der Waals surface area (Å²) in [5.74, 6) is 0. The molecule has 0 amide bonds. The predicted octanol–water partition coefficient (Wildman–Crippen LogP) is 1.32. The fourth-order valence-electron chi connectivity index (χ4n) is 1.41. The number of rotatable bonds is 4. The summed E-state index contributed by atoms with van der Waals surface area (Å²) in [6.45, 7) is 2.58. The Labute approximate surface area is 73.0 Å². The van der Waals surface area contributed by atoms with Crippen LogP contribution in [0.1, 0.15) is 25.7 Å². The minimum atomic E-state index is 0.0671. The van der Waals surface area contributed by atoms with Crippen LogP contribution in [-0.2, 0) is 14.2 Å². The van der Waals surface area contributed by atoms with Crippen molar-refractivity contribution in [3.05, 3.63) is 0 Å². The van der Waals surface area contributed by atoms with Gasteiger partial charge in [-0.3, -0.25) is 0 Å². The quantitative estimate of drug-likeness (QED) is 0.599. The molecule has 12 heavy (non-hydrogen) atoms. The Morgan fingerprint density at radius 1 is 1.25 bits per heavy atom. The van der Waals surface area contributed by atoms with Gasteiger partial charge >= 0.3 is 0 Å². The molecule has 2 rings (SSSR count). The lowest BCUT2D eigenvalue weighted by atomic mass is 10.2. The van der Waals surface area contributed by atoms with Crippen LogP contribution in [0.5, 0.6) is 0 Å². The first kappa shape index (κ1) is 8.48. The summed E-state index contributed by atoms with van der Waals surface area (Å²) in [5.41, 5.74) is 0. The average Bonchev–Trinajstić information content (AvgIpc) is 2.90. The molecule has 3 heteroatoms. The zero-order chi connectivity index (χ0) is 8.23. The molecule has 0 radical (unpaired) electrons. The van der Waals surface area contributed by atoms with E-state index in [9.17, 15) is 0 Å². The Balaban J connectivity index is 1.52. The van der Waals surface area contributed by atoms with Gasteiger partial charge in [0.1, 0.15) is 0 Å². The van der Waals surface area contributed by atoms with Gasteiger partial charge in [0.05, 0.1) is 19.3 Å². The summed E-state index contributed by atoms with van der Waals surface area (Å²) in [5, 5.41) is 0. The predicted molar refractivity (Wildman–Crippen MR) is 43.9 cm³/mol. The van der Waals surface area contributed by atoms with Gasteiger partial charge in [-0.05, 0) is 25.7 Å². The molecule has 2 atom stereocenters. The van der Waals surface area contributed by atoms with E-state index in [1.165, 1.54) is 12.8 Å². The topological polar surface area (TPSA) is 31.0 Å². The molecular weight excluding hydrogens is 156 g/mol. The SMILES string of the molecule is C1CC[C@H](OCCC2CO2)OC1. The zero-order valence-electron chi connectivity index (χ0n) is 7.33. The summed E-state index contributed by atoms with van der Waals surface area (Å²) < 4.78 is 16.0. The highest BCUT2D eigenvalue weighted by atomic mass is 16.7. The van der Waals surface area contributed by atoms with E-state index in [1.807, 2.05) is 0 Å². The Hall–Kier alpha value is -0.120. The molecule has 0 saturated carbocycles. The molecule has 0 aromatic rings. The molecule has 1 unspecified atom stereocenters. The molecule has 0 spiro atoms. The van der Waals surface area contributed by atoms with Crippen molar-refractivity contribution >= 4 is 0 Å². The van der Waals surface area contributed by atoms with Gasteiger partial charge in [0, 0.05) is 6.61 Å². The Morgan fingerprint density at radius 2 is 2.17 bits per heavy atom. The van der Waals surface area contributed by atoms with Gasteiger partial charge in [0.25, 0.3) is 0 Å². The minimum Gasteiger partial charge on any atom is -0.373 e. The van der Waals surface area contributed by atoms with Crippen molar-refractivity contribution in [2.24, 2.45) is 0 Å². The van der Waals surface area contributed by atoms with Crippen molar-refractivity contribution in [2.75, 3.05) is 19.8 Å². The molecule has 0 aliphatic carbocycles. The first-order valence-electron chi connectivity index (χ1n) is 4.80. The minimum absolute atomic E-state index is 0.0671. The van der Waals surface area contributed by atoms with E-state index in [-0.39, 0.29) is 6.29 Å². The van der Waals surface area contributed by atoms with Gasteiger partial charge in [0.15, 0.2) is 6.29 Å². The van der Waals surface area contributed by atoms with Crippen LogP contribution in [0.2, 0.25) is 0 Å². The third kappa shape index (κ3) is 2.73. The van der Waals surface area contributed by atoms with E-state index in [0.717, 1.165) is 32.7 Å². The molecule has 2 heterocycles. The lowest BCUT2D eigenvalue weighted by molar-refractivity contribution is -0.163. The van der Waals surface area contributed by atoms with Crippen LogP contribution in [-0.4, -0.2) is 32.2 Å². The van der Waals surface area contributed by atoms with Crippen LogP contribution >= 0.6 is 0 Å². The van der Waals surface area contributed by atoms with Crippen LogP contribution in [0.25, 0.3) is 0 Å². The second-order valence-corrected chi connectivity index (χ2v) is 3.41. The van der Waals surface area contributed by atoms with Gasteiger partial charge in [-0.2, -0.15) is 0 Å². The molecule has 0 N–H and O–H groups in total. The van der Waals surface area contributed by atoms with Crippen molar-refractivity contribution in [2.45, 2.75) is 38.1 Å². The van der Waals surface area contributed by atoms with E-state index < -0.39 is 0 Å². The normalized spacial score (nSPS) is 35.0. The zero-order valence-corrected chi connectivity index (χ0v) is 7.33. The second kappa shape index (κ2) is 4.21. The van der Waals surface area contributed by atoms with Gasteiger partial charge in [-0.25, -0.2) is 0 Å². The summed E-state index contributed by atoms with van der Waals surface area (Å²) in [4.78, 5) is 0. The molecule has 2 saturated heterocycles. The smallest absolute Gasteiger partial charge is 0.157 e. The highest BCUT2D eigenvalue weighted by Gasteiger charge is 2.22. The second-order valence-electron chi connectivity index (χ2n) is 3.41. The molecular formula is C9H16O3.